The first kappa shape index (κ1) is 13.3. The molecule has 0 fully saturated rings. The summed E-state index contributed by atoms with van der Waals surface area (Å²) < 4.78 is 4.59. The van der Waals surface area contributed by atoms with Crippen LogP contribution in [0.25, 0.3) is 0 Å². The number of nitrogens with one attached hydrogen (secondary N) is 1. The van der Waals surface area contributed by atoms with E-state index in [1.807, 2.05) is 25.1 Å². The Kier molecular flexibility index (Phi) is 5.09. The highest BCUT2D eigenvalue weighted by Crippen LogP contribution is 2.22. The molecule has 0 aliphatic carbocycles. The van der Waals surface area contributed by atoms with E-state index in [0.717, 1.165) is 11.3 Å². The summed E-state index contributed by atoms with van der Waals surface area (Å²) in [6.45, 7) is 2.40. The number of aryl methyl sites for hydroxylation is 1. The Balaban J connectivity index is 2.58. The van der Waals surface area contributed by atoms with Gasteiger partial charge < -0.3 is 10.1 Å². The Morgan fingerprint density at radius 3 is 2.88 bits per heavy atom. The van der Waals surface area contributed by atoms with E-state index in [4.69, 9.17) is 11.6 Å². The second-order valence-electron chi connectivity index (χ2n) is 3.35. The van der Waals surface area contributed by atoms with Gasteiger partial charge in [-0.3, -0.25) is 4.79 Å². The maximum atomic E-state index is 11.1. The molecule has 1 aromatic carbocycles. The topological polar surface area (TPSA) is 38.3 Å². The zero-order chi connectivity index (χ0) is 12.1. The minimum absolute atomic E-state index is 0.310. The summed E-state index contributed by atoms with van der Waals surface area (Å²) in [5, 5.41) is 3.72. The Hall–Kier alpha value is -0.740. The van der Waals surface area contributed by atoms with Crippen LogP contribution in [0.2, 0.25) is 5.02 Å². The Bertz CT molecular complexity index is 384. The summed E-state index contributed by atoms with van der Waals surface area (Å²) >= 11 is 9.25. The van der Waals surface area contributed by atoms with Crippen molar-refractivity contribution < 1.29 is 9.53 Å². The van der Waals surface area contributed by atoms with Gasteiger partial charge in [-0.05, 0) is 24.6 Å². The highest BCUT2D eigenvalue weighted by Gasteiger charge is 2.14. The summed E-state index contributed by atoms with van der Waals surface area (Å²) in [6.07, 6.45) is 0. The second-order valence-corrected chi connectivity index (χ2v) is 4.87. The molecule has 16 heavy (non-hydrogen) atoms. The molecule has 0 amide bonds. The van der Waals surface area contributed by atoms with Crippen molar-refractivity contribution in [2.75, 3.05) is 19.0 Å². The van der Waals surface area contributed by atoms with Gasteiger partial charge in [0.15, 0.2) is 0 Å². The van der Waals surface area contributed by atoms with E-state index >= 15 is 0 Å². The molecule has 0 spiro atoms. The van der Waals surface area contributed by atoms with Gasteiger partial charge in [0.05, 0.1) is 17.8 Å². The highest BCUT2D eigenvalue weighted by molar-refractivity contribution is 9.10. The van der Waals surface area contributed by atoms with Crippen LogP contribution in [0.4, 0.5) is 5.69 Å². The van der Waals surface area contributed by atoms with Gasteiger partial charge in [0.25, 0.3) is 0 Å². The summed E-state index contributed by atoms with van der Waals surface area (Å²) in [5.74, 6) is -0.310. The molecule has 1 N–H and O–H groups in total. The van der Waals surface area contributed by atoms with E-state index < -0.39 is 0 Å². The third-order valence-electron chi connectivity index (χ3n) is 2.05. The average molecular weight is 307 g/mol. The molecule has 0 bridgehead atoms. The zero-order valence-corrected chi connectivity index (χ0v) is 11.4. The Labute approximate surface area is 108 Å². The molecular weight excluding hydrogens is 293 g/mol. The molecule has 1 aromatic rings. The summed E-state index contributed by atoms with van der Waals surface area (Å²) in [4.78, 5) is 10.8. The number of carbonyl (C=O) groups is 1. The first-order valence-corrected chi connectivity index (χ1v) is 6.06. The lowest BCUT2D eigenvalue weighted by Gasteiger charge is -2.11. The van der Waals surface area contributed by atoms with Crippen LogP contribution in [-0.2, 0) is 9.53 Å². The maximum absolute atomic E-state index is 11.1. The van der Waals surface area contributed by atoms with Gasteiger partial charge >= 0.3 is 5.97 Å². The van der Waals surface area contributed by atoms with E-state index in [9.17, 15) is 4.79 Å². The van der Waals surface area contributed by atoms with Crippen LogP contribution in [0.3, 0.4) is 0 Å². The van der Waals surface area contributed by atoms with Gasteiger partial charge in [-0.1, -0.05) is 33.6 Å². The largest absolute Gasteiger partial charge is 0.468 e. The lowest BCUT2D eigenvalue weighted by Crippen LogP contribution is -2.24. The van der Waals surface area contributed by atoms with Crippen molar-refractivity contribution in [3.05, 3.63) is 28.8 Å². The molecule has 0 aliphatic heterocycles. The fraction of sp³-hybridized carbons (Fsp3) is 0.364. The van der Waals surface area contributed by atoms with Gasteiger partial charge in [0.1, 0.15) is 4.83 Å². The Morgan fingerprint density at radius 1 is 1.62 bits per heavy atom. The van der Waals surface area contributed by atoms with Crippen molar-refractivity contribution in [3.8, 4) is 0 Å². The van der Waals surface area contributed by atoms with E-state index in [-0.39, 0.29) is 10.8 Å². The predicted molar refractivity (Wildman–Crippen MR) is 69.4 cm³/mol. The third-order valence-corrected chi connectivity index (χ3v) is 3.06. The molecule has 0 aromatic heterocycles. The van der Waals surface area contributed by atoms with Crippen LogP contribution in [-0.4, -0.2) is 24.5 Å². The fourth-order valence-corrected chi connectivity index (χ4v) is 1.82. The minimum Gasteiger partial charge on any atom is -0.468 e. The number of carbonyl (C=O) groups excluding carboxylic acids is 1. The number of hydrogen-bond donors (Lipinski definition) is 1. The van der Waals surface area contributed by atoms with Crippen molar-refractivity contribution in [2.24, 2.45) is 0 Å². The number of esters is 1. The first-order valence-electron chi connectivity index (χ1n) is 4.76. The molecule has 0 aliphatic rings. The van der Waals surface area contributed by atoms with Crippen LogP contribution in [0.1, 0.15) is 5.56 Å². The number of methoxy groups -OCH3 is 1. The van der Waals surface area contributed by atoms with Gasteiger partial charge in [-0.25, -0.2) is 0 Å². The number of anilines is 1. The summed E-state index contributed by atoms with van der Waals surface area (Å²) in [5.41, 5.74) is 1.90. The first-order chi connectivity index (χ1) is 7.54. The molecule has 5 heteroatoms. The van der Waals surface area contributed by atoms with Crippen molar-refractivity contribution >= 4 is 39.2 Å². The molecule has 1 atom stereocenters. The number of rotatable bonds is 4. The van der Waals surface area contributed by atoms with Crippen molar-refractivity contribution in [2.45, 2.75) is 11.8 Å². The molecular formula is C11H13BrClNO2. The van der Waals surface area contributed by atoms with Crippen LogP contribution >= 0.6 is 27.5 Å². The monoisotopic (exact) mass is 305 g/mol. The molecule has 0 saturated heterocycles. The molecule has 3 nitrogen and oxygen atoms in total. The SMILES string of the molecule is COC(=O)C(Br)CNc1ccc(C)cc1Cl. The minimum atomic E-state index is -0.380. The van der Waals surface area contributed by atoms with Gasteiger partial charge in [-0.15, -0.1) is 0 Å². The number of halogens is 2. The number of benzene rings is 1. The molecule has 0 heterocycles. The number of ether oxygens (including phenoxy) is 1. The van der Waals surface area contributed by atoms with Crippen LogP contribution in [0.5, 0.6) is 0 Å². The van der Waals surface area contributed by atoms with Gasteiger partial charge in [0.2, 0.25) is 0 Å². The summed E-state index contributed by atoms with van der Waals surface area (Å²) in [7, 11) is 1.36. The van der Waals surface area contributed by atoms with Crippen molar-refractivity contribution in [3.63, 3.8) is 0 Å². The average Bonchev–Trinajstić information content (AvgIpc) is 2.26. The standard InChI is InChI=1S/C11H13BrClNO2/c1-7-3-4-10(9(13)5-7)14-6-8(12)11(15)16-2/h3-5,8,14H,6H2,1-2H3. The fourth-order valence-electron chi connectivity index (χ4n) is 1.17. The number of alkyl halides is 1. The lowest BCUT2D eigenvalue weighted by atomic mass is 10.2. The molecule has 88 valence electrons. The molecule has 0 saturated carbocycles. The lowest BCUT2D eigenvalue weighted by molar-refractivity contribution is -0.139. The third kappa shape index (κ3) is 3.68. The highest BCUT2D eigenvalue weighted by atomic mass is 79.9. The van der Waals surface area contributed by atoms with E-state index in [0.29, 0.717) is 11.6 Å². The summed E-state index contributed by atoms with van der Waals surface area (Å²) in [6, 6.07) is 5.70. The van der Waals surface area contributed by atoms with E-state index in [1.165, 1.54) is 7.11 Å². The van der Waals surface area contributed by atoms with Crippen LogP contribution in [0, 0.1) is 6.92 Å². The van der Waals surface area contributed by atoms with Crippen molar-refractivity contribution in [1.82, 2.24) is 0 Å². The molecule has 1 rings (SSSR count). The zero-order valence-electron chi connectivity index (χ0n) is 9.09. The quantitative estimate of drug-likeness (QED) is 0.686. The number of hydrogen-bond acceptors (Lipinski definition) is 3. The Morgan fingerprint density at radius 2 is 2.31 bits per heavy atom. The predicted octanol–water partition coefficient (Wildman–Crippen LogP) is 3.00. The maximum Gasteiger partial charge on any atom is 0.321 e. The van der Waals surface area contributed by atoms with Gasteiger partial charge in [0, 0.05) is 6.54 Å². The van der Waals surface area contributed by atoms with Crippen molar-refractivity contribution in [1.29, 1.82) is 0 Å². The smallest absolute Gasteiger partial charge is 0.321 e. The molecule has 1 unspecified atom stereocenters. The van der Waals surface area contributed by atoms with Crippen LogP contribution in [0.15, 0.2) is 18.2 Å². The molecule has 0 radical (unpaired) electrons. The second kappa shape index (κ2) is 6.11. The van der Waals surface area contributed by atoms with Gasteiger partial charge in [-0.2, -0.15) is 0 Å². The van der Waals surface area contributed by atoms with Crippen LogP contribution < -0.4 is 5.32 Å². The van der Waals surface area contributed by atoms with E-state index in [1.54, 1.807) is 0 Å². The normalized spacial score (nSPS) is 12.0. The van der Waals surface area contributed by atoms with E-state index in [2.05, 4.69) is 26.0 Å².